The van der Waals surface area contributed by atoms with Crippen molar-refractivity contribution in [1.82, 2.24) is 4.98 Å². The van der Waals surface area contributed by atoms with E-state index in [1.54, 1.807) is 0 Å². The van der Waals surface area contributed by atoms with Crippen LogP contribution in [0.15, 0.2) is 35.9 Å². The fourth-order valence-corrected chi connectivity index (χ4v) is 7.12. The predicted octanol–water partition coefficient (Wildman–Crippen LogP) is 7.53. The van der Waals surface area contributed by atoms with Gasteiger partial charge in [0.25, 0.3) is 0 Å². The predicted molar refractivity (Wildman–Crippen MR) is 162 cm³/mol. The smallest absolute Gasteiger partial charge is 0.478 e. The molecule has 8 nitrogen and oxygen atoms in total. The Labute approximate surface area is 265 Å². The van der Waals surface area contributed by atoms with Gasteiger partial charge in [0.05, 0.1) is 28.7 Å². The zero-order valence-corrected chi connectivity index (χ0v) is 25.9. The van der Waals surface area contributed by atoms with Gasteiger partial charge in [-0.3, -0.25) is 4.79 Å². The number of para-hydroxylation sites is 1. The molecule has 1 aromatic heterocycles. The number of aromatic nitrogens is 1. The first-order valence-electron chi connectivity index (χ1n) is 15.0. The number of alkyl halides is 3. The second kappa shape index (κ2) is 13.5. The molecule has 2 fully saturated rings. The van der Waals surface area contributed by atoms with Gasteiger partial charge < -0.3 is 25.6 Å². The lowest BCUT2D eigenvalue weighted by atomic mass is 9.74. The van der Waals surface area contributed by atoms with Crippen LogP contribution < -0.4 is 15.8 Å². The number of aromatic carboxylic acids is 1. The van der Waals surface area contributed by atoms with Crippen molar-refractivity contribution in [3.8, 4) is 5.75 Å². The molecule has 14 heteroatoms. The number of fused-ring (bicyclic) bond motifs is 1. The van der Waals surface area contributed by atoms with Crippen LogP contribution >= 0.6 is 11.3 Å². The van der Waals surface area contributed by atoms with Gasteiger partial charge >= 0.3 is 12.3 Å². The molecule has 2 aliphatic rings. The van der Waals surface area contributed by atoms with Gasteiger partial charge in [-0.1, -0.05) is 43.7 Å². The van der Waals surface area contributed by atoms with E-state index in [1.807, 2.05) is 13.8 Å². The third kappa shape index (κ3) is 7.43. The van der Waals surface area contributed by atoms with E-state index in [4.69, 9.17) is 10.5 Å². The van der Waals surface area contributed by atoms with E-state index in [1.165, 1.54) is 18.2 Å². The van der Waals surface area contributed by atoms with E-state index in [9.17, 15) is 36.6 Å². The third-order valence-electron chi connectivity index (χ3n) is 8.50. The minimum atomic E-state index is -4.94. The van der Waals surface area contributed by atoms with Crippen molar-refractivity contribution in [2.75, 3.05) is 11.9 Å². The lowest BCUT2D eigenvalue weighted by Gasteiger charge is -2.41. The van der Waals surface area contributed by atoms with Crippen molar-refractivity contribution >= 4 is 44.1 Å². The Morgan fingerprint density at radius 2 is 1.85 bits per heavy atom. The Hall–Kier alpha value is -3.78. The third-order valence-corrected chi connectivity index (χ3v) is 9.44. The van der Waals surface area contributed by atoms with Crippen LogP contribution in [0, 0.1) is 29.4 Å². The second-order valence-corrected chi connectivity index (χ2v) is 12.9. The van der Waals surface area contributed by atoms with Gasteiger partial charge in [0.15, 0.2) is 22.5 Å². The molecule has 5 rings (SSSR count). The van der Waals surface area contributed by atoms with E-state index >= 15 is 0 Å². The Balaban J connectivity index is 1.34. The van der Waals surface area contributed by atoms with Gasteiger partial charge in [-0.2, -0.15) is 0 Å². The number of carbonyl (C=O) groups is 2. The van der Waals surface area contributed by atoms with E-state index < -0.39 is 35.3 Å². The molecule has 1 heterocycles. The summed E-state index contributed by atoms with van der Waals surface area (Å²) < 4.78 is 78.8. The lowest BCUT2D eigenvalue weighted by Crippen LogP contribution is -2.44. The van der Waals surface area contributed by atoms with Crippen LogP contribution in [0.25, 0.3) is 15.9 Å². The summed E-state index contributed by atoms with van der Waals surface area (Å²) in [6.45, 7) is 3.87. The molecule has 0 saturated heterocycles. The number of hydrogen-bond donors (Lipinski definition) is 3. The SMILES string of the molecule is CCCC1CC(OCC(C(=O)C2CC2)=C(N)c2ccccc2OC(F)(F)F)CC(C)C1Nc1nc2c(F)c(F)c(C(=O)O)cc2s1. The van der Waals surface area contributed by atoms with Crippen molar-refractivity contribution in [2.24, 2.45) is 23.5 Å². The topological polar surface area (TPSA) is 124 Å². The molecule has 2 aliphatic carbocycles. The molecule has 3 aromatic rings. The van der Waals surface area contributed by atoms with Gasteiger partial charge in [-0.15, -0.1) is 13.2 Å². The van der Waals surface area contributed by atoms with Crippen LogP contribution in [-0.2, 0) is 9.53 Å². The number of benzene rings is 2. The molecule has 2 aromatic carbocycles. The zero-order valence-electron chi connectivity index (χ0n) is 25.1. The van der Waals surface area contributed by atoms with E-state index in [0.717, 1.165) is 36.3 Å². The molecule has 0 amide bonds. The summed E-state index contributed by atoms with van der Waals surface area (Å²) in [5.41, 5.74) is 5.31. The van der Waals surface area contributed by atoms with Crippen molar-refractivity contribution in [2.45, 2.75) is 70.9 Å². The Bertz CT molecular complexity index is 1650. The first-order valence-corrected chi connectivity index (χ1v) is 15.9. The number of carboxylic acid groups (broad SMARTS) is 1. The van der Waals surface area contributed by atoms with Crippen LogP contribution in [0.5, 0.6) is 5.75 Å². The molecule has 248 valence electrons. The Morgan fingerprint density at radius 1 is 1.13 bits per heavy atom. The second-order valence-electron chi connectivity index (χ2n) is 11.9. The number of nitrogens with one attached hydrogen (secondary N) is 1. The molecule has 4 N–H and O–H groups in total. The molecule has 46 heavy (non-hydrogen) atoms. The maximum Gasteiger partial charge on any atom is 0.573 e. The summed E-state index contributed by atoms with van der Waals surface area (Å²) in [5, 5.41) is 12.9. The monoisotopic (exact) mass is 667 g/mol. The number of Topliss-reactive ketones (excluding diaryl/α,β-unsaturated/α-hetero) is 1. The molecule has 0 aliphatic heterocycles. The van der Waals surface area contributed by atoms with Crippen LogP contribution in [-0.4, -0.2) is 47.0 Å². The fraction of sp³-hybridized carbons (Fsp3) is 0.469. The van der Waals surface area contributed by atoms with Crippen molar-refractivity contribution in [3.63, 3.8) is 0 Å². The van der Waals surface area contributed by atoms with Crippen molar-refractivity contribution < 1.29 is 46.1 Å². The molecular formula is C32H34F5N3O5S. The number of thiazole rings is 1. The highest BCUT2D eigenvalue weighted by atomic mass is 32.1. The normalized spacial score (nSPS) is 22.4. The van der Waals surface area contributed by atoms with Gasteiger partial charge in [-0.25, -0.2) is 18.6 Å². The summed E-state index contributed by atoms with van der Waals surface area (Å²) in [6, 6.07) is 6.36. The summed E-state index contributed by atoms with van der Waals surface area (Å²) >= 11 is 1.04. The number of anilines is 1. The molecule has 4 unspecified atom stereocenters. The number of hydrogen-bond acceptors (Lipinski definition) is 8. The summed E-state index contributed by atoms with van der Waals surface area (Å²) in [5.74, 6) is -5.29. The fourth-order valence-electron chi connectivity index (χ4n) is 6.17. The Kier molecular flexibility index (Phi) is 9.87. The number of nitrogens with two attached hydrogens (primary N) is 1. The average molecular weight is 668 g/mol. The van der Waals surface area contributed by atoms with Crippen LogP contribution in [0.3, 0.4) is 0 Å². The summed E-state index contributed by atoms with van der Waals surface area (Å²) in [4.78, 5) is 28.8. The van der Waals surface area contributed by atoms with Crippen molar-refractivity contribution in [3.05, 3.63) is 58.7 Å². The largest absolute Gasteiger partial charge is 0.573 e. The van der Waals surface area contributed by atoms with Crippen LogP contribution in [0.2, 0.25) is 0 Å². The molecule has 0 bridgehead atoms. The molecule has 0 radical (unpaired) electrons. The number of nitrogens with zero attached hydrogens (tertiary/aromatic N) is 1. The quantitative estimate of drug-likeness (QED) is 0.134. The van der Waals surface area contributed by atoms with E-state index in [2.05, 4.69) is 15.0 Å². The number of ketones is 1. The first-order chi connectivity index (χ1) is 21.8. The van der Waals surface area contributed by atoms with Crippen LogP contribution in [0.4, 0.5) is 27.1 Å². The highest BCUT2D eigenvalue weighted by Gasteiger charge is 2.39. The van der Waals surface area contributed by atoms with Gasteiger partial charge in [-0.05, 0) is 62.1 Å². The summed E-state index contributed by atoms with van der Waals surface area (Å²) in [7, 11) is 0. The van der Waals surface area contributed by atoms with Gasteiger partial charge in [0.1, 0.15) is 11.3 Å². The van der Waals surface area contributed by atoms with Crippen LogP contribution in [0.1, 0.15) is 68.3 Å². The maximum absolute atomic E-state index is 14.6. The summed E-state index contributed by atoms with van der Waals surface area (Å²) in [6.07, 6.45) is -1.10. The molecule has 0 spiro atoms. The number of rotatable bonds is 12. The molecule has 2 saturated carbocycles. The first kappa shape index (κ1) is 33.6. The number of carboxylic acids is 1. The standard InChI is InChI=1S/C32H34F5N3O5S/c1-3-6-17-12-18(11-15(2)27(17)39-31-40-28-23(46-31)13-20(30(42)43)24(33)25(28)34)44-14-21(29(41)16-9-10-16)26(38)19-7-4-5-8-22(19)45-32(35,36)37/h4-5,7-8,13,15-18,27H,3,6,9-12,14,38H2,1-2H3,(H,39,40)(H,42,43). The van der Waals surface area contributed by atoms with Crippen molar-refractivity contribution in [1.29, 1.82) is 0 Å². The minimum absolute atomic E-state index is 0.00305. The number of carbonyl (C=O) groups excluding carboxylic acids is 1. The van der Waals surface area contributed by atoms with Gasteiger partial charge in [0.2, 0.25) is 0 Å². The zero-order chi connectivity index (χ0) is 33.3. The minimum Gasteiger partial charge on any atom is -0.478 e. The maximum atomic E-state index is 14.6. The molecular weight excluding hydrogens is 633 g/mol. The lowest BCUT2D eigenvalue weighted by molar-refractivity contribution is -0.274. The highest BCUT2D eigenvalue weighted by Crippen LogP contribution is 2.40. The Morgan fingerprint density at radius 3 is 2.50 bits per heavy atom. The average Bonchev–Trinajstić information content (AvgIpc) is 3.76. The van der Waals surface area contributed by atoms with E-state index in [0.29, 0.717) is 30.8 Å². The number of halogens is 5. The number of ether oxygens (including phenoxy) is 2. The van der Waals surface area contributed by atoms with Gasteiger partial charge in [0, 0.05) is 23.1 Å². The van der Waals surface area contributed by atoms with E-state index in [-0.39, 0.29) is 69.3 Å². The molecule has 4 atom stereocenters. The highest BCUT2D eigenvalue weighted by molar-refractivity contribution is 7.22.